The standard InChI is InChI=1S/C16H19FO3/c17-14-10-12(15(18)8-9-16(19)20)6-7-13(14)11-4-2-1-3-5-11/h6-7,10-11H,1-5,8-9H2,(H,19,20). The maximum Gasteiger partial charge on any atom is 0.303 e. The quantitative estimate of drug-likeness (QED) is 0.830. The van der Waals surface area contributed by atoms with Crippen molar-refractivity contribution in [2.75, 3.05) is 0 Å². The van der Waals surface area contributed by atoms with Crippen LogP contribution in [0.5, 0.6) is 0 Å². The van der Waals surface area contributed by atoms with Crippen LogP contribution in [0, 0.1) is 5.82 Å². The molecule has 0 atom stereocenters. The molecule has 1 fully saturated rings. The largest absolute Gasteiger partial charge is 0.481 e. The van der Waals surface area contributed by atoms with Gasteiger partial charge in [0.25, 0.3) is 0 Å². The number of aliphatic carboxylic acids is 1. The second kappa shape index (κ2) is 6.64. The first-order valence-electron chi connectivity index (χ1n) is 7.12. The molecular weight excluding hydrogens is 259 g/mol. The van der Waals surface area contributed by atoms with Gasteiger partial charge in [-0.3, -0.25) is 9.59 Å². The van der Waals surface area contributed by atoms with E-state index in [-0.39, 0.29) is 35.9 Å². The third-order valence-electron chi connectivity index (χ3n) is 3.93. The van der Waals surface area contributed by atoms with Crippen molar-refractivity contribution in [1.29, 1.82) is 0 Å². The first-order valence-corrected chi connectivity index (χ1v) is 7.12. The summed E-state index contributed by atoms with van der Waals surface area (Å²) in [6.07, 6.45) is 5.17. The van der Waals surface area contributed by atoms with Gasteiger partial charge in [0, 0.05) is 12.0 Å². The number of carbonyl (C=O) groups excluding carboxylic acids is 1. The summed E-state index contributed by atoms with van der Waals surface area (Å²) in [6, 6.07) is 4.57. The number of carboxylic acid groups (broad SMARTS) is 1. The number of Topliss-reactive ketones (excluding diaryl/α,β-unsaturated/α-hetero) is 1. The molecule has 1 aliphatic rings. The number of hydrogen-bond acceptors (Lipinski definition) is 2. The number of ketones is 1. The Morgan fingerprint density at radius 1 is 1.15 bits per heavy atom. The zero-order chi connectivity index (χ0) is 14.5. The monoisotopic (exact) mass is 278 g/mol. The van der Waals surface area contributed by atoms with E-state index in [0.29, 0.717) is 5.56 Å². The molecule has 20 heavy (non-hydrogen) atoms. The van der Waals surface area contributed by atoms with Gasteiger partial charge in [0.15, 0.2) is 5.78 Å². The van der Waals surface area contributed by atoms with Gasteiger partial charge in [0.1, 0.15) is 5.82 Å². The molecule has 1 saturated carbocycles. The van der Waals surface area contributed by atoms with E-state index < -0.39 is 5.97 Å². The molecule has 0 aliphatic heterocycles. The van der Waals surface area contributed by atoms with E-state index in [2.05, 4.69) is 0 Å². The van der Waals surface area contributed by atoms with Crippen molar-refractivity contribution >= 4 is 11.8 Å². The first-order chi connectivity index (χ1) is 9.58. The van der Waals surface area contributed by atoms with Crippen molar-refractivity contribution in [2.45, 2.75) is 50.9 Å². The van der Waals surface area contributed by atoms with Gasteiger partial charge in [-0.15, -0.1) is 0 Å². The van der Waals surface area contributed by atoms with Gasteiger partial charge < -0.3 is 5.11 Å². The molecule has 1 aliphatic carbocycles. The number of rotatable bonds is 5. The highest BCUT2D eigenvalue weighted by Gasteiger charge is 2.20. The Labute approximate surface area is 117 Å². The predicted octanol–water partition coefficient (Wildman–Crippen LogP) is 3.92. The van der Waals surface area contributed by atoms with E-state index in [4.69, 9.17) is 5.11 Å². The van der Waals surface area contributed by atoms with Crippen LogP contribution in [-0.4, -0.2) is 16.9 Å². The van der Waals surface area contributed by atoms with Crippen LogP contribution in [0.3, 0.4) is 0 Å². The minimum absolute atomic E-state index is 0.0858. The number of carboxylic acids is 1. The highest BCUT2D eigenvalue weighted by atomic mass is 19.1. The Balaban J connectivity index is 2.08. The Hall–Kier alpha value is -1.71. The number of carbonyl (C=O) groups is 2. The Morgan fingerprint density at radius 2 is 1.85 bits per heavy atom. The fraction of sp³-hybridized carbons (Fsp3) is 0.500. The Morgan fingerprint density at radius 3 is 2.45 bits per heavy atom. The van der Waals surface area contributed by atoms with Crippen molar-refractivity contribution in [3.05, 3.63) is 35.1 Å². The average Bonchev–Trinajstić information content (AvgIpc) is 2.45. The summed E-state index contributed by atoms with van der Waals surface area (Å²) in [4.78, 5) is 22.2. The summed E-state index contributed by atoms with van der Waals surface area (Å²) < 4.78 is 14.1. The number of hydrogen-bond donors (Lipinski definition) is 1. The lowest BCUT2D eigenvalue weighted by Gasteiger charge is -2.22. The summed E-state index contributed by atoms with van der Waals surface area (Å²) in [7, 11) is 0. The average molecular weight is 278 g/mol. The maximum atomic E-state index is 14.1. The highest BCUT2D eigenvalue weighted by molar-refractivity contribution is 5.97. The molecule has 0 saturated heterocycles. The molecule has 1 aromatic rings. The van der Waals surface area contributed by atoms with Crippen LogP contribution in [0.2, 0.25) is 0 Å². The SMILES string of the molecule is O=C(O)CCC(=O)c1ccc(C2CCCCC2)c(F)c1. The van der Waals surface area contributed by atoms with E-state index in [1.54, 1.807) is 12.1 Å². The summed E-state index contributed by atoms with van der Waals surface area (Å²) in [5.74, 6) is -1.41. The zero-order valence-corrected chi connectivity index (χ0v) is 11.4. The van der Waals surface area contributed by atoms with E-state index in [1.165, 1.54) is 12.5 Å². The molecular formula is C16H19FO3. The van der Waals surface area contributed by atoms with Gasteiger partial charge in [-0.1, -0.05) is 31.4 Å². The van der Waals surface area contributed by atoms with Gasteiger partial charge in [-0.05, 0) is 30.4 Å². The first kappa shape index (κ1) is 14.7. The smallest absolute Gasteiger partial charge is 0.303 e. The lowest BCUT2D eigenvalue weighted by molar-refractivity contribution is -0.136. The molecule has 2 rings (SSSR count). The van der Waals surface area contributed by atoms with Crippen LogP contribution in [0.4, 0.5) is 4.39 Å². The summed E-state index contributed by atoms with van der Waals surface area (Å²) in [5, 5.41) is 8.55. The molecule has 0 aromatic heterocycles. The van der Waals surface area contributed by atoms with Crippen LogP contribution in [0.15, 0.2) is 18.2 Å². The third-order valence-corrected chi connectivity index (χ3v) is 3.93. The van der Waals surface area contributed by atoms with Crippen molar-refractivity contribution in [3.63, 3.8) is 0 Å². The highest BCUT2D eigenvalue weighted by Crippen LogP contribution is 2.34. The van der Waals surface area contributed by atoms with Crippen LogP contribution in [0.1, 0.15) is 66.8 Å². The van der Waals surface area contributed by atoms with Gasteiger partial charge in [0.2, 0.25) is 0 Å². The van der Waals surface area contributed by atoms with Gasteiger partial charge >= 0.3 is 5.97 Å². The predicted molar refractivity (Wildman–Crippen MR) is 73.4 cm³/mol. The molecule has 0 heterocycles. The second-order valence-electron chi connectivity index (χ2n) is 5.39. The minimum atomic E-state index is -1.02. The van der Waals surface area contributed by atoms with Crippen molar-refractivity contribution in [1.82, 2.24) is 0 Å². The van der Waals surface area contributed by atoms with Crippen LogP contribution < -0.4 is 0 Å². The van der Waals surface area contributed by atoms with Crippen LogP contribution in [0.25, 0.3) is 0 Å². The molecule has 0 amide bonds. The third kappa shape index (κ3) is 3.65. The van der Waals surface area contributed by atoms with Gasteiger partial charge in [-0.2, -0.15) is 0 Å². The fourth-order valence-corrected chi connectivity index (χ4v) is 2.81. The van der Waals surface area contributed by atoms with E-state index in [1.807, 2.05) is 0 Å². The molecule has 1 aromatic carbocycles. The fourth-order valence-electron chi connectivity index (χ4n) is 2.81. The topological polar surface area (TPSA) is 54.4 Å². The van der Waals surface area contributed by atoms with Gasteiger partial charge in [0.05, 0.1) is 6.42 Å². The molecule has 0 radical (unpaired) electrons. The summed E-state index contributed by atoms with van der Waals surface area (Å²) in [6.45, 7) is 0. The molecule has 4 heteroatoms. The van der Waals surface area contributed by atoms with Crippen LogP contribution in [-0.2, 0) is 4.79 Å². The lowest BCUT2D eigenvalue weighted by Crippen LogP contribution is -2.09. The second-order valence-corrected chi connectivity index (χ2v) is 5.39. The van der Waals surface area contributed by atoms with Crippen molar-refractivity contribution in [3.8, 4) is 0 Å². The van der Waals surface area contributed by atoms with E-state index in [9.17, 15) is 14.0 Å². The van der Waals surface area contributed by atoms with Crippen LogP contribution >= 0.6 is 0 Å². The molecule has 0 spiro atoms. The van der Waals surface area contributed by atoms with E-state index in [0.717, 1.165) is 25.7 Å². The Bertz CT molecular complexity index is 504. The Kier molecular flexibility index (Phi) is 4.88. The van der Waals surface area contributed by atoms with E-state index >= 15 is 0 Å². The summed E-state index contributed by atoms with van der Waals surface area (Å²) >= 11 is 0. The van der Waals surface area contributed by atoms with Crippen molar-refractivity contribution < 1.29 is 19.1 Å². The molecule has 108 valence electrons. The molecule has 1 N–H and O–H groups in total. The van der Waals surface area contributed by atoms with Crippen molar-refractivity contribution in [2.24, 2.45) is 0 Å². The minimum Gasteiger partial charge on any atom is -0.481 e. The maximum absolute atomic E-state index is 14.1. The molecule has 0 unspecified atom stereocenters. The molecule has 0 bridgehead atoms. The molecule has 3 nitrogen and oxygen atoms in total. The number of benzene rings is 1. The number of halogens is 1. The lowest BCUT2D eigenvalue weighted by atomic mass is 9.83. The summed E-state index contributed by atoms with van der Waals surface area (Å²) in [5.41, 5.74) is 0.961. The normalized spacial score (nSPS) is 16.1. The zero-order valence-electron chi connectivity index (χ0n) is 11.4. The van der Waals surface area contributed by atoms with Gasteiger partial charge in [-0.25, -0.2) is 4.39 Å².